The first-order valence-corrected chi connectivity index (χ1v) is 9.63. The van der Waals surface area contributed by atoms with Crippen molar-refractivity contribution < 1.29 is 9.90 Å². The predicted molar refractivity (Wildman–Crippen MR) is 108 cm³/mol. The number of nitrogens with zero attached hydrogens (tertiary/aromatic N) is 3. The minimum absolute atomic E-state index is 0.100. The van der Waals surface area contributed by atoms with E-state index in [4.69, 9.17) is 5.11 Å². The van der Waals surface area contributed by atoms with Crippen LogP contribution in [0.15, 0.2) is 30.6 Å². The molecule has 3 rings (SSSR count). The molecule has 2 aromatic rings. The molecule has 0 unspecified atom stereocenters. The number of hydrogen-bond donors (Lipinski definition) is 1. The van der Waals surface area contributed by atoms with Gasteiger partial charge in [0, 0.05) is 24.6 Å². The highest BCUT2D eigenvalue weighted by Gasteiger charge is 2.37. The van der Waals surface area contributed by atoms with Crippen LogP contribution in [0.5, 0.6) is 0 Å². The molecule has 144 valence electrons. The molecule has 1 N–H and O–H groups in total. The molecule has 0 saturated heterocycles. The Balaban J connectivity index is 2.05. The molecule has 27 heavy (non-hydrogen) atoms. The van der Waals surface area contributed by atoms with Crippen LogP contribution in [-0.4, -0.2) is 27.6 Å². The fourth-order valence-corrected chi connectivity index (χ4v) is 3.88. The molecule has 0 saturated carbocycles. The molecule has 0 atom stereocenters. The Hall–Kier alpha value is -2.43. The van der Waals surface area contributed by atoms with E-state index in [-0.39, 0.29) is 16.4 Å². The van der Waals surface area contributed by atoms with Gasteiger partial charge in [0.1, 0.15) is 0 Å². The molecule has 0 spiro atoms. The fraction of sp³-hybridized carbons (Fsp3) is 0.500. The lowest BCUT2D eigenvalue weighted by molar-refractivity contribution is 0.0696. The molecule has 0 aliphatic heterocycles. The van der Waals surface area contributed by atoms with Gasteiger partial charge in [0.25, 0.3) is 0 Å². The van der Waals surface area contributed by atoms with Crippen molar-refractivity contribution in [1.82, 2.24) is 9.97 Å². The lowest BCUT2D eigenvalue weighted by Gasteiger charge is -2.42. The maximum absolute atomic E-state index is 11.1. The number of carboxylic acids is 1. The van der Waals surface area contributed by atoms with Crippen LogP contribution in [0.25, 0.3) is 0 Å². The number of fused-ring (bicyclic) bond motifs is 1. The second kappa shape index (κ2) is 6.95. The Bertz CT molecular complexity index is 841. The lowest BCUT2D eigenvalue weighted by atomic mass is 9.63. The highest BCUT2D eigenvalue weighted by molar-refractivity contribution is 5.86. The van der Waals surface area contributed by atoms with Crippen molar-refractivity contribution in [3.63, 3.8) is 0 Å². The van der Waals surface area contributed by atoms with E-state index in [9.17, 15) is 4.79 Å². The zero-order valence-electron chi connectivity index (χ0n) is 16.9. The average molecular weight is 367 g/mol. The maximum atomic E-state index is 11.1. The highest BCUT2D eigenvalue weighted by Crippen LogP contribution is 2.47. The number of carbonyl (C=O) groups is 1. The summed E-state index contributed by atoms with van der Waals surface area (Å²) in [4.78, 5) is 21.8. The van der Waals surface area contributed by atoms with Crippen molar-refractivity contribution in [2.45, 2.75) is 64.7 Å². The lowest BCUT2D eigenvalue weighted by Crippen LogP contribution is -2.34. The van der Waals surface area contributed by atoms with Crippen LogP contribution in [0.3, 0.4) is 0 Å². The van der Waals surface area contributed by atoms with Gasteiger partial charge in [-0.25, -0.2) is 14.8 Å². The number of benzene rings is 1. The van der Waals surface area contributed by atoms with Crippen LogP contribution in [0.1, 0.15) is 75.4 Å². The van der Waals surface area contributed by atoms with E-state index in [1.54, 1.807) is 0 Å². The monoisotopic (exact) mass is 367 g/mol. The summed E-state index contributed by atoms with van der Waals surface area (Å²) in [5.74, 6) is -0.476. The van der Waals surface area contributed by atoms with Crippen LogP contribution in [0, 0.1) is 0 Å². The molecule has 0 radical (unpaired) electrons. The van der Waals surface area contributed by atoms with Gasteiger partial charge in [-0.05, 0) is 53.4 Å². The van der Waals surface area contributed by atoms with Gasteiger partial charge in [0.05, 0.1) is 5.56 Å². The Kier molecular flexibility index (Phi) is 4.98. The summed E-state index contributed by atoms with van der Waals surface area (Å²) in [5, 5.41) is 9.08. The second-order valence-corrected chi connectivity index (χ2v) is 8.73. The van der Waals surface area contributed by atoms with Crippen molar-refractivity contribution >= 4 is 17.6 Å². The summed E-state index contributed by atoms with van der Waals surface area (Å²) < 4.78 is 0. The minimum Gasteiger partial charge on any atom is -0.478 e. The molecule has 5 heteroatoms. The summed E-state index contributed by atoms with van der Waals surface area (Å²) in [6.07, 6.45) is 6.03. The van der Waals surface area contributed by atoms with Crippen LogP contribution in [-0.2, 0) is 10.8 Å². The summed E-state index contributed by atoms with van der Waals surface area (Å²) in [7, 11) is 0. The van der Waals surface area contributed by atoms with Gasteiger partial charge in [-0.15, -0.1) is 0 Å². The highest BCUT2D eigenvalue weighted by atomic mass is 16.4. The average Bonchev–Trinajstić information content (AvgIpc) is 2.63. The SMILES string of the molecule is CCCN(c1ccc2c(c1)C(C)(C)CCC2(C)C)c1ncc(C(=O)O)cn1. The van der Waals surface area contributed by atoms with Crippen molar-refractivity contribution in [3.8, 4) is 0 Å². The van der Waals surface area contributed by atoms with Crippen LogP contribution in [0.4, 0.5) is 11.6 Å². The van der Waals surface area contributed by atoms with Crippen LogP contribution < -0.4 is 4.90 Å². The topological polar surface area (TPSA) is 66.3 Å². The van der Waals surface area contributed by atoms with Crippen LogP contribution in [0.2, 0.25) is 0 Å². The summed E-state index contributed by atoms with van der Waals surface area (Å²) in [5.41, 5.74) is 4.28. The molecule has 1 aromatic carbocycles. The van der Waals surface area contributed by atoms with Crippen molar-refractivity contribution in [2.24, 2.45) is 0 Å². The van der Waals surface area contributed by atoms with Gasteiger partial charge in [-0.1, -0.05) is 40.7 Å². The largest absolute Gasteiger partial charge is 0.478 e. The summed E-state index contributed by atoms with van der Waals surface area (Å²) in [6, 6.07) is 6.67. The first-order valence-electron chi connectivity index (χ1n) is 9.63. The van der Waals surface area contributed by atoms with E-state index in [0.717, 1.165) is 25.1 Å². The van der Waals surface area contributed by atoms with Crippen molar-refractivity contribution in [3.05, 3.63) is 47.3 Å². The van der Waals surface area contributed by atoms with E-state index < -0.39 is 5.97 Å². The molecule has 1 heterocycles. The van der Waals surface area contributed by atoms with Gasteiger partial charge >= 0.3 is 5.97 Å². The first-order chi connectivity index (χ1) is 12.7. The summed E-state index contributed by atoms with van der Waals surface area (Å²) >= 11 is 0. The fourth-order valence-electron chi connectivity index (χ4n) is 3.88. The molecule has 1 aliphatic carbocycles. The van der Waals surface area contributed by atoms with E-state index in [1.165, 1.54) is 29.9 Å². The number of anilines is 2. The smallest absolute Gasteiger partial charge is 0.338 e. The maximum Gasteiger partial charge on any atom is 0.338 e. The van der Waals surface area contributed by atoms with E-state index in [1.807, 2.05) is 0 Å². The molecule has 0 amide bonds. The minimum atomic E-state index is -1.01. The number of hydrogen-bond acceptors (Lipinski definition) is 4. The van der Waals surface area contributed by atoms with E-state index >= 15 is 0 Å². The van der Waals surface area contributed by atoms with Crippen LogP contribution >= 0.6 is 0 Å². The standard InChI is InChI=1S/C22H29N3O2/c1-6-11-25(20-23-13-15(14-24-20)19(26)27)16-7-8-17-18(12-16)22(4,5)10-9-21(17,2)3/h7-8,12-14H,6,9-11H2,1-5H3,(H,26,27). The molecule has 5 nitrogen and oxygen atoms in total. The Morgan fingerprint density at radius 3 is 2.22 bits per heavy atom. The van der Waals surface area contributed by atoms with Gasteiger partial charge in [-0.2, -0.15) is 0 Å². The first kappa shape index (κ1) is 19.3. The number of aromatic carboxylic acids is 1. The van der Waals surface area contributed by atoms with Gasteiger partial charge in [-0.3, -0.25) is 0 Å². The zero-order chi connectivity index (χ0) is 19.8. The molecular formula is C22H29N3O2. The molecule has 1 aliphatic rings. The number of rotatable bonds is 5. The molecule has 0 bridgehead atoms. The van der Waals surface area contributed by atoms with Crippen molar-refractivity contribution in [1.29, 1.82) is 0 Å². The van der Waals surface area contributed by atoms with E-state index in [2.05, 4.69) is 67.7 Å². The Labute approximate surface area is 161 Å². The van der Waals surface area contributed by atoms with Gasteiger partial charge in [0.2, 0.25) is 5.95 Å². The quantitative estimate of drug-likeness (QED) is 0.799. The third kappa shape index (κ3) is 3.68. The van der Waals surface area contributed by atoms with Gasteiger partial charge in [0.15, 0.2) is 0 Å². The summed E-state index contributed by atoms with van der Waals surface area (Å²) in [6.45, 7) is 12.1. The second-order valence-electron chi connectivity index (χ2n) is 8.73. The zero-order valence-corrected chi connectivity index (χ0v) is 16.9. The Morgan fingerprint density at radius 2 is 1.67 bits per heavy atom. The van der Waals surface area contributed by atoms with Crippen molar-refractivity contribution in [2.75, 3.05) is 11.4 Å². The molecule has 1 aromatic heterocycles. The van der Waals surface area contributed by atoms with E-state index in [0.29, 0.717) is 5.95 Å². The van der Waals surface area contributed by atoms with Gasteiger partial charge < -0.3 is 10.0 Å². The molecule has 0 fully saturated rings. The Morgan fingerprint density at radius 1 is 1.07 bits per heavy atom. The normalized spacial score (nSPS) is 17.2. The third-order valence-corrected chi connectivity index (χ3v) is 5.72. The number of aromatic nitrogens is 2. The predicted octanol–water partition coefficient (Wildman–Crippen LogP) is 5.07. The molecular weight excluding hydrogens is 338 g/mol. The number of carboxylic acid groups (broad SMARTS) is 1. The third-order valence-electron chi connectivity index (χ3n) is 5.72.